The molecule has 3 aromatic rings. The van der Waals surface area contributed by atoms with Crippen molar-refractivity contribution < 1.29 is 18.8 Å². The van der Waals surface area contributed by atoms with Crippen LogP contribution in [0.4, 0.5) is 5.69 Å². The lowest BCUT2D eigenvalue weighted by atomic mass is 10.1. The number of rotatable bonds is 9. The molecule has 3 rings (SSSR count). The molecule has 1 heterocycles. The van der Waals surface area contributed by atoms with Crippen LogP contribution in [0.25, 0.3) is 0 Å². The Hall–Kier alpha value is -2.13. The van der Waals surface area contributed by atoms with Gasteiger partial charge in [0.25, 0.3) is 0 Å². The van der Waals surface area contributed by atoms with Crippen molar-refractivity contribution in [2.45, 2.75) is 38.6 Å². The van der Waals surface area contributed by atoms with E-state index in [4.69, 9.17) is 33.0 Å². The standard InChI is InChI=1S/C23H24Cl2N2O4S2/c1-13(2)10-27(33(30)23-26-15(4)12-32-23)20-7-14(3)18(24)9-21(20)31-11-17-6-5-16(22(28)29)8-19(17)25/h5-9,12-13H,10-11H2,1-4H3,(H,28,29). The van der Waals surface area contributed by atoms with E-state index in [1.165, 1.54) is 23.5 Å². The van der Waals surface area contributed by atoms with Crippen LogP contribution >= 0.6 is 34.5 Å². The lowest BCUT2D eigenvalue weighted by molar-refractivity contribution is 0.0697. The molecule has 0 aliphatic rings. The van der Waals surface area contributed by atoms with Crippen LogP contribution in [-0.4, -0.2) is 26.8 Å². The quantitative estimate of drug-likeness (QED) is 0.342. The fourth-order valence-electron chi connectivity index (χ4n) is 3.01. The van der Waals surface area contributed by atoms with Crippen LogP contribution < -0.4 is 9.04 Å². The number of aryl methyl sites for hydroxylation is 2. The number of anilines is 1. The summed E-state index contributed by atoms with van der Waals surface area (Å²) in [6.07, 6.45) is 0. The van der Waals surface area contributed by atoms with Gasteiger partial charge in [0.2, 0.25) is 4.34 Å². The van der Waals surface area contributed by atoms with Crippen LogP contribution in [0.1, 0.15) is 41.0 Å². The molecule has 0 aliphatic heterocycles. The van der Waals surface area contributed by atoms with Crippen molar-refractivity contribution in [3.05, 3.63) is 68.1 Å². The summed E-state index contributed by atoms with van der Waals surface area (Å²) in [4.78, 5) is 15.6. The predicted molar refractivity (Wildman–Crippen MR) is 134 cm³/mol. The van der Waals surface area contributed by atoms with Gasteiger partial charge in [0.05, 0.1) is 11.3 Å². The van der Waals surface area contributed by atoms with Crippen LogP contribution in [0.2, 0.25) is 10.0 Å². The summed E-state index contributed by atoms with van der Waals surface area (Å²) in [5.41, 5.74) is 2.99. The van der Waals surface area contributed by atoms with Crippen molar-refractivity contribution in [1.29, 1.82) is 0 Å². The molecule has 0 saturated heterocycles. The molecule has 10 heteroatoms. The number of aromatic nitrogens is 1. The van der Waals surface area contributed by atoms with Crippen LogP contribution in [0.3, 0.4) is 0 Å². The molecule has 0 spiro atoms. The highest BCUT2D eigenvalue weighted by Gasteiger charge is 2.24. The van der Waals surface area contributed by atoms with Crippen LogP contribution in [0.5, 0.6) is 5.75 Å². The Labute approximate surface area is 209 Å². The van der Waals surface area contributed by atoms with Crippen molar-refractivity contribution in [2.75, 3.05) is 10.8 Å². The molecule has 176 valence electrons. The Morgan fingerprint density at radius 2 is 1.94 bits per heavy atom. The van der Waals surface area contributed by atoms with Gasteiger partial charge in [-0.3, -0.25) is 4.31 Å². The second kappa shape index (κ2) is 10.9. The van der Waals surface area contributed by atoms with Gasteiger partial charge in [-0.1, -0.05) is 43.1 Å². The lowest BCUT2D eigenvalue weighted by Gasteiger charge is -2.27. The molecule has 0 amide bonds. The summed E-state index contributed by atoms with van der Waals surface area (Å²) in [7, 11) is -1.53. The van der Waals surface area contributed by atoms with Gasteiger partial charge in [0.15, 0.2) is 11.0 Å². The van der Waals surface area contributed by atoms with Gasteiger partial charge in [-0.15, -0.1) is 11.3 Å². The average Bonchev–Trinajstić information content (AvgIpc) is 3.19. The minimum Gasteiger partial charge on any atom is -0.487 e. The Morgan fingerprint density at radius 3 is 2.52 bits per heavy atom. The normalized spacial score (nSPS) is 12.1. The van der Waals surface area contributed by atoms with Crippen LogP contribution in [0, 0.1) is 19.8 Å². The molecule has 0 fully saturated rings. The molecule has 33 heavy (non-hydrogen) atoms. The number of carbonyl (C=O) groups is 1. The Bertz CT molecular complexity index is 1200. The maximum absolute atomic E-state index is 13.5. The molecule has 6 nitrogen and oxygen atoms in total. The molecule has 1 unspecified atom stereocenters. The smallest absolute Gasteiger partial charge is 0.335 e. The zero-order valence-corrected chi connectivity index (χ0v) is 21.7. The molecular weight excluding hydrogens is 503 g/mol. The molecule has 0 aliphatic carbocycles. The molecule has 2 aromatic carbocycles. The van der Waals surface area contributed by atoms with Gasteiger partial charge < -0.3 is 9.84 Å². The van der Waals surface area contributed by atoms with E-state index in [9.17, 15) is 9.00 Å². The van der Waals surface area contributed by atoms with Gasteiger partial charge in [0, 0.05) is 39.3 Å². The number of hydrogen-bond donors (Lipinski definition) is 1. The number of halogens is 2. The van der Waals surface area contributed by atoms with Gasteiger partial charge in [-0.25, -0.2) is 14.0 Å². The van der Waals surface area contributed by atoms with Gasteiger partial charge in [-0.05, 0) is 43.5 Å². The van der Waals surface area contributed by atoms with Crippen molar-refractivity contribution in [3.8, 4) is 5.75 Å². The van der Waals surface area contributed by atoms with Crippen molar-refractivity contribution >= 4 is 57.2 Å². The average molecular weight is 527 g/mol. The summed E-state index contributed by atoms with van der Waals surface area (Å²) >= 11 is 14.0. The number of ether oxygens (including phenoxy) is 1. The largest absolute Gasteiger partial charge is 0.487 e. The number of thiazole rings is 1. The van der Waals surface area contributed by atoms with Gasteiger partial charge in [0.1, 0.15) is 12.4 Å². The maximum Gasteiger partial charge on any atom is 0.335 e. The third-order valence-electron chi connectivity index (χ3n) is 4.67. The molecule has 0 radical (unpaired) electrons. The molecule has 1 N–H and O–H groups in total. The number of carboxylic acids is 1. The molecule has 1 atom stereocenters. The lowest BCUT2D eigenvalue weighted by Crippen LogP contribution is -2.30. The first kappa shape index (κ1) is 25.5. The van der Waals surface area contributed by atoms with E-state index in [0.717, 1.165) is 11.3 Å². The van der Waals surface area contributed by atoms with E-state index in [1.807, 2.05) is 39.1 Å². The van der Waals surface area contributed by atoms with E-state index in [1.54, 1.807) is 16.4 Å². The summed E-state index contributed by atoms with van der Waals surface area (Å²) in [6, 6.07) is 8.03. The maximum atomic E-state index is 13.5. The Kier molecular flexibility index (Phi) is 8.39. The molecule has 0 saturated carbocycles. The third kappa shape index (κ3) is 6.26. The first-order chi connectivity index (χ1) is 15.6. The fourth-order valence-corrected chi connectivity index (χ4v) is 5.82. The summed E-state index contributed by atoms with van der Waals surface area (Å²) in [6.45, 7) is 8.43. The Balaban J connectivity index is 1.98. The number of aromatic carboxylic acids is 1. The molecular formula is C23H24Cl2N2O4S2. The Morgan fingerprint density at radius 1 is 1.21 bits per heavy atom. The zero-order chi connectivity index (χ0) is 24.3. The van der Waals surface area contributed by atoms with E-state index in [2.05, 4.69) is 4.98 Å². The van der Waals surface area contributed by atoms with E-state index < -0.39 is 17.0 Å². The highest BCUT2D eigenvalue weighted by atomic mass is 35.5. The predicted octanol–water partition coefficient (Wildman–Crippen LogP) is 6.53. The number of benzene rings is 2. The van der Waals surface area contributed by atoms with Crippen LogP contribution in [0.15, 0.2) is 40.1 Å². The van der Waals surface area contributed by atoms with Crippen molar-refractivity contribution in [2.24, 2.45) is 5.92 Å². The van der Waals surface area contributed by atoms with Crippen molar-refractivity contribution in [3.63, 3.8) is 0 Å². The minimum absolute atomic E-state index is 0.0869. The first-order valence-electron chi connectivity index (χ1n) is 10.1. The second-order valence-electron chi connectivity index (χ2n) is 7.93. The van der Waals surface area contributed by atoms with Crippen molar-refractivity contribution in [1.82, 2.24) is 4.98 Å². The number of hydrogen-bond acceptors (Lipinski definition) is 5. The van der Waals surface area contributed by atoms with E-state index in [0.29, 0.717) is 32.9 Å². The summed E-state index contributed by atoms with van der Waals surface area (Å²) in [5, 5.41) is 11.8. The summed E-state index contributed by atoms with van der Waals surface area (Å²) in [5.74, 6) is -0.385. The third-order valence-corrected chi connectivity index (χ3v) is 8.03. The molecule has 0 bridgehead atoms. The van der Waals surface area contributed by atoms with Gasteiger partial charge in [-0.2, -0.15) is 0 Å². The summed E-state index contributed by atoms with van der Waals surface area (Å²) < 4.78 is 21.9. The highest BCUT2D eigenvalue weighted by Crippen LogP contribution is 2.37. The SMILES string of the molecule is Cc1csc(S(=O)N(CC(C)C)c2cc(C)c(Cl)cc2OCc2ccc(C(=O)O)cc2Cl)n1. The van der Waals surface area contributed by atoms with E-state index in [-0.39, 0.29) is 23.1 Å². The van der Waals surface area contributed by atoms with E-state index >= 15 is 0 Å². The monoisotopic (exact) mass is 526 g/mol. The number of carboxylic acid groups (broad SMARTS) is 1. The second-order valence-corrected chi connectivity index (χ2v) is 11.2. The number of nitrogens with zero attached hydrogens (tertiary/aromatic N) is 2. The first-order valence-corrected chi connectivity index (χ1v) is 12.9. The van der Waals surface area contributed by atoms with Gasteiger partial charge >= 0.3 is 5.97 Å². The highest BCUT2D eigenvalue weighted by molar-refractivity contribution is 7.88. The fraction of sp³-hybridized carbons (Fsp3) is 0.304. The zero-order valence-electron chi connectivity index (χ0n) is 18.6. The topological polar surface area (TPSA) is 79.7 Å². The molecule has 1 aromatic heterocycles. The minimum atomic E-state index is -1.53. The van der Waals surface area contributed by atoms with Crippen LogP contribution in [-0.2, 0) is 17.6 Å².